The van der Waals surface area contributed by atoms with Crippen molar-refractivity contribution in [3.05, 3.63) is 0 Å². The Bertz CT molecular complexity index is 459. The van der Waals surface area contributed by atoms with E-state index >= 15 is 0 Å². The van der Waals surface area contributed by atoms with Crippen LogP contribution in [0.25, 0.3) is 0 Å². The van der Waals surface area contributed by atoms with E-state index in [2.05, 4.69) is 5.32 Å². The summed E-state index contributed by atoms with van der Waals surface area (Å²) in [7, 11) is 0. The first-order chi connectivity index (χ1) is 10.3. The molecule has 2 aliphatic rings. The number of rotatable bonds is 5. The first kappa shape index (κ1) is 19.9. The van der Waals surface area contributed by atoms with E-state index in [0.29, 0.717) is 6.54 Å². The normalized spacial score (nSPS) is 26.6. The van der Waals surface area contributed by atoms with Crippen LogP contribution in [0.15, 0.2) is 0 Å². The lowest BCUT2D eigenvalue weighted by Crippen LogP contribution is -2.57. The Labute approximate surface area is 143 Å². The predicted octanol–water partition coefficient (Wildman–Crippen LogP) is 1.07. The van der Waals surface area contributed by atoms with Gasteiger partial charge in [0.1, 0.15) is 6.54 Å². The lowest BCUT2D eigenvalue weighted by atomic mass is 9.81. The number of nitrogens with two attached hydrogens (primary N) is 1. The highest BCUT2D eigenvalue weighted by atomic mass is 35.5. The minimum Gasteiger partial charge on any atom is -0.348 e. The SMILES string of the molecule is CC(C)C(C)(CN)NC(=O)CN1C(=O)C2CCCCC2C1=O.Cl. The number of nitrogens with zero attached hydrogens (tertiary/aromatic N) is 1. The molecule has 0 aromatic carbocycles. The van der Waals surface area contributed by atoms with E-state index in [1.165, 1.54) is 0 Å². The van der Waals surface area contributed by atoms with Crippen LogP contribution in [0.3, 0.4) is 0 Å². The van der Waals surface area contributed by atoms with E-state index in [1.807, 2.05) is 20.8 Å². The summed E-state index contributed by atoms with van der Waals surface area (Å²) in [6.45, 7) is 5.96. The first-order valence-corrected chi connectivity index (χ1v) is 8.16. The van der Waals surface area contributed by atoms with Crippen LogP contribution in [0.1, 0.15) is 46.5 Å². The maximum Gasteiger partial charge on any atom is 0.240 e. The monoisotopic (exact) mass is 345 g/mol. The van der Waals surface area contributed by atoms with Crippen molar-refractivity contribution in [2.24, 2.45) is 23.5 Å². The van der Waals surface area contributed by atoms with Crippen LogP contribution in [-0.2, 0) is 14.4 Å². The molecule has 1 heterocycles. The molecule has 0 radical (unpaired) electrons. The molecule has 3 atom stereocenters. The van der Waals surface area contributed by atoms with Gasteiger partial charge in [0.15, 0.2) is 0 Å². The molecule has 1 aliphatic carbocycles. The zero-order valence-electron chi connectivity index (χ0n) is 14.1. The molecule has 0 aromatic heterocycles. The zero-order valence-corrected chi connectivity index (χ0v) is 14.9. The first-order valence-electron chi connectivity index (χ1n) is 8.16. The average molecular weight is 346 g/mol. The van der Waals surface area contributed by atoms with Gasteiger partial charge in [-0.05, 0) is 25.7 Å². The number of likely N-dealkylation sites (tertiary alicyclic amines) is 1. The maximum atomic E-state index is 12.4. The number of carbonyl (C=O) groups is 3. The van der Waals surface area contributed by atoms with Crippen LogP contribution < -0.4 is 11.1 Å². The molecule has 2 fully saturated rings. The molecule has 1 saturated heterocycles. The highest BCUT2D eigenvalue weighted by molar-refractivity contribution is 6.07. The van der Waals surface area contributed by atoms with Crippen LogP contribution in [0.4, 0.5) is 0 Å². The van der Waals surface area contributed by atoms with Gasteiger partial charge in [-0.3, -0.25) is 19.3 Å². The zero-order chi connectivity index (χ0) is 16.5. The summed E-state index contributed by atoms with van der Waals surface area (Å²) < 4.78 is 0. The number of carbonyl (C=O) groups excluding carboxylic acids is 3. The van der Waals surface area contributed by atoms with Crippen molar-refractivity contribution in [1.29, 1.82) is 0 Å². The molecule has 3 amide bonds. The summed E-state index contributed by atoms with van der Waals surface area (Å²) in [5.74, 6) is -0.927. The van der Waals surface area contributed by atoms with Crippen molar-refractivity contribution < 1.29 is 14.4 Å². The number of fused-ring (bicyclic) bond motifs is 1. The molecule has 132 valence electrons. The quantitative estimate of drug-likeness (QED) is 0.729. The maximum absolute atomic E-state index is 12.4. The van der Waals surface area contributed by atoms with Crippen molar-refractivity contribution in [3.63, 3.8) is 0 Å². The van der Waals surface area contributed by atoms with Gasteiger partial charge in [0.25, 0.3) is 0 Å². The second kappa shape index (κ2) is 7.62. The van der Waals surface area contributed by atoms with Crippen LogP contribution in [0.2, 0.25) is 0 Å². The van der Waals surface area contributed by atoms with E-state index in [0.717, 1.165) is 30.6 Å². The van der Waals surface area contributed by atoms with E-state index < -0.39 is 5.54 Å². The number of amides is 3. The van der Waals surface area contributed by atoms with Crippen molar-refractivity contribution in [2.75, 3.05) is 13.1 Å². The summed E-state index contributed by atoms with van der Waals surface area (Å²) in [6, 6.07) is 0. The Morgan fingerprint density at radius 1 is 1.26 bits per heavy atom. The van der Waals surface area contributed by atoms with Crippen LogP contribution in [0, 0.1) is 17.8 Å². The lowest BCUT2D eigenvalue weighted by molar-refractivity contribution is -0.144. The lowest BCUT2D eigenvalue weighted by Gasteiger charge is -2.34. The molecule has 2 rings (SSSR count). The molecule has 1 saturated carbocycles. The Hall–Kier alpha value is -1.14. The van der Waals surface area contributed by atoms with Crippen molar-refractivity contribution in [3.8, 4) is 0 Å². The molecule has 0 bridgehead atoms. The van der Waals surface area contributed by atoms with E-state index in [4.69, 9.17) is 5.73 Å². The third-order valence-electron chi connectivity index (χ3n) is 5.36. The Morgan fingerprint density at radius 3 is 2.13 bits per heavy atom. The Kier molecular flexibility index (Phi) is 6.59. The van der Waals surface area contributed by atoms with Crippen LogP contribution >= 0.6 is 12.4 Å². The molecular weight excluding hydrogens is 318 g/mol. The summed E-state index contributed by atoms with van der Waals surface area (Å²) in [5.41, 5.74) is 5.22. The topological polar surface area (TPSA) is 92.5 Å². The molecule has 3 unspecified atom stereocenters. The minimum atomic E-state index is -0.532. The molecule has 7 heteroatoms. The number of hydrogen-bond donors (Lipinski definition) is 2. The average Bonchev–Trinajstić information content (AvgIpc) is 2.72. The Morgan fingerprint density at radius 2 is 1.74 bits per heavy atom. The van der Waals surface area contributed by atoms with Crippen LogP contribution in [0.5, 0.6) is 0 Å². The van der Waals surface area contributed by atoms with Gasteiger partial charge in [-0.15, -0.1) is 12.4 Å². The summed E-state index contributed by atoms with van der Waals surface area (Å²) in [6.07, 6.45) is 3.50. The molecule has 0 aromatic rings. The fraction of sp³-hybridized carbons (Fsp3) is 0.812. The molecule has 23 heavy (non-hydrogen) atoms. The van der Waals surface area contributed by atoms with Gasteiger partial charge in [0.05, 0.1) is 17.4 Å². The van der Waals surface area contributed by atoms with Gasteiger partial charge in [0, 0.05) is 6.54 Å². The van der Waals surface area contributed by atoms with Gasteiger partial charge < -0.3 is 11.1 Å². The van der Waals surface area contributed by atoms with Gasteiger partial charge in [-0.25, -0.2) is 0 Å². The second-order valence-corrected chi connectivity index (χ2v) is 7.08. The molecule has 1 aliphatic heterocycles. The predicted molar refractivity (Wildman–Crippen MR) is 89.9 cm³/mol. The number of nitrogens with one attached hydrogen (secondary N) is 1. The molecule has 0 spiro atoms. The minimum absolute atomic E-state index is 0. The van der Waals surface area contributed by atoms with E-state index in [1.54, 1.807) is 0 Å². The number of hydrogen-bond acceptors (Lipinski definition) is 4. The fourth-order valence-corrected chi connectivity index (χ4v) is 3.32. The molecular formula is C16H28ClN3O3. The third-order valence-corrected chi connectivity index (χ3v) is 5.36. The number of imide groups is 1. The smallest absolute Gasteiger partial charge is 0.240 e. The van der Waals surface area contributed by atoms with Crippen molar-refractivity contribution in [1.82, 2.24) is 10.2 Å². The number of halogens is 1. The summed E-state index contributed by atoms with van der Waals surface area (Å²) >= 11 is 0. The van der Waals surface area contributed by atoms with Gasteiger partial charge in [-0.2, -0.15) is 0 Å². The third kappa shape index (κ3) is 3.86. The highest BCUT2D eigenvalue weighted by Gasteiger charge is 2.48. The van der Waals surface area contributed by atoms with E-state index in [9.17, 15) is 14.4 Å². The van der Waals surface area contributed by atoms with Crippen molar-refractivity contribution in [2.45, 2.75) is 52.0 Å². The van der Waals surface area contributed by atoms with E-state index in [-0.39, 0.29) is 54.4 Å². The standard InChI is InChI=1S/C16H27N3O3.ClH/c1-10(2)16(3,9-17)18-13(20)8-19-14(21)11-6-4-5-7-12(11)15(19)22;/h10-12H,4-9,17H2,1-3H3,(H,18,20);1H. The van der Waals surface area contributed by atoms with Gasteiger partial charge in [-0.1, -0.05) is 26.7 Å². The molecule has 6 nitrogen and oxygen atoms in total. The summed E-state index contributed by atoms with van der Waals surface area (Å²) in [4.78, 5) is 38.1. The van der Waals surface area contributed by atoms with Crippen molar-refractivity contribution >= 4 is 30.1 Å². The summed E-state index contributed by atoms with van der Waals surface area (Å²) in [5, 5.41) is 2.88. The Balaban J connectivity index is 0.00000264. The van der Waals surface area contributed by atoms with Gasteiger partial charge >= 0.3 is 0 Å². The fourth-order valence-electron chi connectivity index (χ4n) is 3.32. The van der Waals surface area contributed by atoms with Crippen LogP contribution in [-0.4, -0.2) is 41.2 Å². The second-order valence-electron chi connectivity index (χ2n) is 7.08. The van der Waals surface area contributed by atoms with Gasteiger partial charge in [0.2, 0.25) is 17.7 Å². The highest BCUT2D eigenvalue weighted by Crippen LogP contribution is 2.37. The molecule has 3 N–H and O–H groups in total. The largest absolute Gasteiger partial charge is 0.348 e.